The van der Waals surface area contributed by atoms with Gasteiger partial charge in [-0.1, -0.05) is 48.2 Å². The number of nitrogens with zero attached hydrogens (tertiary/aromatic N) is 1. The fourth-order valence-electron chi connectivity index (χ4n) is 2.06. The Morgan fingerprint density at radius 2 is 1.83 bits per heavy atom. The molecule has 0 radical (unpaired) electrons. The Kier molecular flexibility index (Phi) is 5.28. The minimum absolute atomic E-state index is 0.196. The van der Waals surface area contributed by atoms with Gasteiger partial charge in [-0.3, -0.25) is 4.79 Å². The highest BCUT2D eigenvalue weighted by Gasteiger charge is 2.06. The van der Waals surface area contributed by atoms with Crippen molar-refractivity contribution in [2.24, 2.45) is 0 Å². The monoisotopic (exact) mass is 342 g/mol. The number of halogens is 1. The Balaban J connectivity index is 1.67. The summed E-state index contributed by atoms with van der Waals surface area (Å²) in [5.41, 5.74) is 0.836. The zero-order chi connectivity index (χ0) is 16.8. The highest BCUT2D eigenvalue weighted by molar-refractivity contribution is 7.98. The molecule has 0 aliphatic heterocycles. The summed E-state index contributed by atoms with van der Waals surface area (Å²) < 4.78 is 19.2. The maximum atomic E-state index is 13.6. The summed E-state index contributed by atoms with van der Waals surface area (Å²) in [6.45, 7) is 0.196. The Morgan fingerprint density at radius 3 is 2.62 bits per heavy atom. The molecule has 2 aromatic carbocycles. The average Bonchev–Trinajstić information content (AvgIpc) is 2.60. The molecule has 0 saturated heterocycles. The Hall–Kier alpha value is -2.60. The SMILES string of the molecule is O=c1cc(COc2ccccc2)nc(SCc2ccccc2F)[nH]1. The molecule has 0 fully saturated rings. The minimum Gasteiger partial charge on any atom is -0.487 e. The minimum atomic E-state index is -0.268. The summed E-state index contributed by atoms with van der Waals surface area (Å²) in [5, 5.41) is 0.442. The molecule has 0 aliphatic carbocycles. The molecule has 0 aliphatic rings. The Morgan fingerprint density at radius 1 is 1.08 bits per heavy atom. The van der Waals surface area contributed by atoms with Crippen LogP contribution in [0.25, 0.3) is 0 Å². The lowest BCUT2D eigenvalue weighted by atomic mass is 10.2. The highest BCUT2D eigenvalue weighted by atomic mass is 32.2. The number of rotatable bonds is 6. The largest absolute Gasteiger partial charge is 0.487 e. The van der Waals surface area contributed by atoms with Crippen molar-refractivity contribution in [3.05, 3.63) is 88.1 Å². The number of para-hydroxylation sites is 1. The van der Waals surface area contributed by atoms with Gasteiger partial charge in [0.25, 0.3) is 5.56 Å². The predicted molar refractivity (Wildman–Crippen MR) is 91.6 cm³/mol. The van der Waals surface area contributed by atoms with Crippen LogP contribution >= 0.6 is 11.8 Å². The molecule has 1 N–H and O–H groups in total. The van der Waals surface area contributed by atoms with E-state index in [4.69, 9.17) is 4.74 Å². The number of thioether (sulfide) groups is 1. The van der Waals surface area contributed by atoms with Gasteiger partial charge in [0.05, 0.1) is 5.69 Å². The summed E-state index contributed by atoms with van der Waals surface area (Å²) in [6, 6.07) is 17.3. The topological polar surface area (TPSA) is 55.0 Å². The van der Waals surface area contributed by atoms with E-state index in [1.54, 1.807) is 18.2 Å². The molecule has 6 heteroatoms. The Bertz CT molecular complexity index is 868. The van der Waals surface area contributed by atoms with E-state index in [0.29, 0.717) is 27.9 Å². The highest BCUT2D eigenvalue weighted by Crippen LogP contribution is 2.20. The maximum Gasteiger partial charge on any atom is 0.251 e. The molecule has 0 amide bonds. The van der Waals surface area contributed by atoms with E-state index in [1.165, 1.54) is 23.9 Å². The molecule has 24 heavy (non-hydrogen) atoms. The van der Waals surface area contributed by atoms with Gasteiger partial charge in [-0.25, -0.2) is 9.37 Å². The van der Waals surface area contributed by atoms with Crippen molar-refractivity contribution < 1.29 is 9.13 Å². The molecular formula is C18H15FN2O2S. The van der Waals surface area contributed by atoms with Crippen molar-refractivity contribution in [3.63, 3.8) is 0 Å². The molecule has 3 aromatic rings. The molecule has 0 saturated carbocycles. The van der Waals surface area contributed by atoms with E-state index in [1.807, 2.05) is 30.3 Å². The number of benzene rings is 2. The quantitative estimate of drug-likeness (QED) is 0.547. The second-order valence-electron chi connectivity index (χ2n) is 5.02. The van der Waals surface area contributed by atoms with Crippen molar-refractivity contribution >= 4 is 11.8 Å². The lowest BCUT2D eigenvalue weighted by molar-refractivity contribution is 0.299. The van der Waals surface area contributed by atoms with Crippen LogP contribution in [0.3, 0.4) is 0 Å². The summed E-state index contributed by atoms with van der Waals surface area (Å²) in [7, 11) is 0. The number of nitrogens with one attached hydrogen (secondary N) is 1. The van der Waals surface area contributed by atoms with Crippen LogP contribution in [0.15, 0.2) is 70.6 Å². The molecule has 0 atom stereocenters. The van der Waals surface area contributed by atoms with Gasteiger partial charge >= 0.3 is 0 Å². The summed E-state index contributed by atoms with van der Waals surface area (Å²) in [4.78, 5) is 18.8. The van der Waals surface area contributed by atoms with Gasteiger partial charge < -0.3 is 9.72 Å². The van der Waals surface area contributed by atoms with Gasteiger partial charge in [0.2, 0.25) is 0 Å². The number of aromatic nitrogens is 2. The molecule has 0 bridgehead atoms. The van der Waals surface area contributed by atoms with Crippen LogP contribution in [0, 0.1) is 5.82 Å². The molecule has 122 valence electrons. The normalized spacial score (nSPS) is 10.5. The number of hydrogen-bond acceptors (Lipinski definition) is 4. The zero-order valence-corrected chi connectivity index (χ0v) is 13.6. The lowest BCUT2D eigenvalue weighted by Crippen LogP contribution is -2.11. The van der Waals surface area contributed by atoms with Crippen molar-refractivity contribution in [2.45, 2.75) is 17.5 Å². The molecule has 4 nitrogen and oxygen atoms in total. The molecule has 1 heterocycles. The van der Waals surface area contributed by atoms with Gasteiger partial charge in [0.15, 0.2) is 5.16 Å². The molecule has 0 unspecified atom stereocenters. The number of ether oxygens (including phenoxy) is 1. The molecule has 1 aromatic heterocycles. The van der Waals surface area contributed by atoms with Crippen LogP contribution in [0.1, 0.15) is 11.3 Å². The van der Waals surface area contributed by atoms with Gasteiger partial charge in [0, 0.05) is 11.8 Å². The summed E-state index contributed by atoms with van der Waals surface area (Å²) in [6.07, 6.45) is 0. The summed E-state index contributed by atoms with van der Waals surface area (Å²) >= 11 is 1.28. The predicted octanol–water partition coefficient (Wildman–Crippen LogP) is 3.78. The second kappa shape index (κ2) is 7.79. The first-order valence-corrected chi connectivity index (χ1v) is 8.33. The van der Waals surface area contributed by atoms with Gasteiger partial charge in [0.1, 0.15) is 18.2 Å². The van der Waals surface area contributed by atoms with E-state index in [9.17, 15) is 9.18 Å². The zero-order valence-electron chi connectivity index (χ0n) is 12.7. The first-order chi connectivity index (χ1) is 11.7. The van der Waals surface area contributed by atoms with Crippen molar-refractivity contribution in [3.8, 4) is 5.75 Å². The molecular weight excluding hydrogens is 327 g/mol. The van der Waals surface area contributed by atoms with Crippen molar-refractivity contribution in [1.29, 1.82) is 0 Å². The van der Waals surface area contributed by atoms with Gasteiger partial charge in [-0.15, -0.1) is 0 Å². The van der Waals surface area contributed by atoms with Gasteiger partial charge in [-0.2, -0.15) is 0 Å². The van der Waals surface area contributed by atoms with E-state index < -0.39 is 0 Å². The number of aromatic amines is 1. The smallest absolute Gasteiger partial charge is 0.251 e. The number of hydrogen-bond donors (Lipinski definition) is 1. The van der Waals surface area contributed by atoms with E-state index >= 15 is 0 Å². The average molecular weight is 342 g/mol. The van der Waals surface area contributed by atoms with Crippen LogP contribution < -0.4 is 10.3 Å². The molecule has 0 spiro atoms. The third kappa shape index (κ3) is 4.45. The van der Waals surface area contributed by atoms with E-state index in [0.717, 1.165) is 0 Å². The van der Waals surface area contributed by atoms with E-state index in [2.05, 4.69) is 9.97 Å². The third-order valence-electron chi connectivity index (χ3n) is 3.23. The summed E-state index contributed by atoms with van der Waals surface area (Å²) in [5.74, 6) is 0.828. The first kappa shape index (κ1) is 16.3. The van der Waals surface area contributed by atoms with Crippen LogP contribution in [-0.2, 0) is 12.4 Å². The Labute approximate surface area is 142 Å². The number of H-pyrrole nitrogens is 1. The first-order valence-electron chi connectivity index (χ1n) is 7.35. The van der Waals surface area contributed by atoms with Crippen molar-refractivity contribution in [1.82, 2.24) is 9.97 Å². The van der Waals surface area contributed by atoms with Crippen LogP contribution in [0.2, 0.25) is 0 Å². The standard InChI is InChI=1S/C18H15FN2O2S/c19-16-9-5-4-6-13(16)12-24-18-20-14(10-17(22)21-18)11-23-15-7-2-1-3-8-15/h1-10H,11-12H2,(H,20,21,22). The van der Waals surface area contributed by atoms with Crippen molar-refractivity contribution in [2.75, 3.05) is 0 Å². The van der Waals surface area contributed by atoms with Crippen LogP contribution in [-0.4, -0.2) is 9.97 Å². The van der Waals surface area contributed by atoms with Crippen LogP contribution in [0.4, 0.5) is 4.39 Å². The maximum absolute atomic E-state index is 13.6. The van der Waals surface area contributed by atoms with Gasteiger partial charge in [-0.05, 0) is 23.8 Å². The lowest BCUT2D eigenvalue weighted by Gasteiger charge is -2.07. The van der Waals surface area contributed by atoms with Crippen LogP contribution in [0.5, 0.6) is 5.75 Å². The fraction of sp³-hybridized carbons (Fsp3) is 0.111. The second-order valence-corrected chi connectivity index (χ2v) is 5.99. The molecule has 3 rings (SSSR count). The third-order valence-corrected chi connectivity index (χ3v) is 4.15. The van der Waals surface area contributed by atoms with E-state index in [-0.39, 0.29) is 18.0 Å². The fourth-order valence-corrected chi connectivity index (χ4v) is 2.94.